The van der Waals surface area contributed by atoms with Crippen molar-refractivity contribution in [1.82, 2.24) is 14.9 Å². The summed E-state index contributed by atoms with van der Waals surface area (Å²) in [5.41, 5.74) is 3.06. The fourth-order valence-electron chi connectivity index (χ4n) is 4.02. The van der Waals surface area contributed by atoms with Crippen LogP contribution in [0.2, 0.25) is 0 Å². The van der Waals surface area contributed by atoms with Gasteiger partial charge in [0.2, 0.25) is 0 Å². The van der Waals surface area contributed by atoms with E-state index in [1.54, 1.807) is 6.07 Å². The molecule has 2 aromatic rings. The molecule has 1 N–H and O–H groups in total. The maximum atomic E-state index is 13.7. The first-order chi connectivity index (χ1) is 13.2. The van der Waals surface area contributed by atoms with Crippen LogP contribution in [0.4, 0.5) is 10.2 Å². The van der Waals surface area contributed by atoms with Crippen molar-refractivity contribution in [2.24, 2.45) is 5.92 Å². The molecule has 5 nitrogen and oxygen atoms in total. The third-order valence-corrected chi connectivity index (χ3v) is 5.68. The molecule has 0 radical (unpaired) electrons. The monoisotopic (exact) mass is 368 g/mol. The van der Waals surface area contributed by atoms with Crippen LogP contribution in [-0.4, -0.2) is 47.2 Å². The summed E-state index contributed by atoms with van der Waals surface area (Å²) in [5.74, 6) is 1.94. The Bertz CT molecular complexity index is 833. The van der Waals surface area contributed by atoms with Gasteiger partial charge in [-0.15, -0.1) is 0 Å². The Morgan fingerprint density at radius 3 is 2.93 bits per heavy atom. The summed E-state index contributed by atoms with van der Waals surface area (Å²) in [6.45, 7) is 4.74. The molecule has 1 aliphatic carbocycles. The molecular formula is C21H25FN4O. The molecule has 2 fully saturated rings. The second-order valence-corrected chi connectivity index (χ2v) is 7.96. The standard InChI is InChI=1S/C21H25FN4O/c22-16-3-1-2-15(10-16)20-24-19-6-8-26(11-14-7-9-27-13-14)12-18(19)21(25-20)23-17-4-5-17/h1-3,10,14,17H,4-9,11-13H2,(H,23,24,25). The number of halogens is 1. The average molecular weight is 368 g/mol. The summed E-state index contributed by atoms with van der Waals surface area (Å²) in [7, 11) is 0. The van der Waals surface area contributed by atoms with Crippen LogP contribution >= 0.6 is 0 Å². The SMILES string of the molecule is Fc1cccc(-c2nc3c(c(NC4CC4)n2)CN(CC2CCOC2)CC3)c1. The third-order valence-electron chi connectivity index (χ3n) is 5.68. The topological polar surface area (TPSA) is 50.3 Å². The molecular weight excluding hydrogens is 343 g/mol. The first-order valence-corrected chi connectivity index (χ1v) is 9.97. The molecule has 2 aliphatic heterocycles. The minimum Gasteiger partial charge on any atom is -0.381 e. The highest BCUT2D eigenvalue weighted by atomic mass is 19.1. The van der Waals surface area contributed by atoms with E-state index in [1.807, 2.05) is 6.07 Å². The van der Waals surface area contributed by atoms with Gasteiger partial charge in [-0.3, -0.25) is 4.90 Å². The molecule has 0 amide bonds. The van der Waals surface area contributed by atoms with Gasteiger partial charge < -0.3 is 10.1 Å². The number of hydrogen-bond donors (Lipinski definition) is 1. The van der Waals surface area contributed by atoms with Crippen molar-refractivity contribution in [2.45, 2.75) is 38.3 Å². The Morgan fingerprint density at radius 2 is 2.15 bits per heavy atom. The van der Waals surface area contributed by atoms with E-state index in [0.717, 1.165) is 62.8 Å². The fourth-order valence-corrected chi connectivity index (χ4v) is 4.02. The molecule has 3 heterocycles. The van der Waals surface area contributed by atoms with Gasteiger partial charge in [-0.1, -0.05) is 12.1 Å². The number of nitrogens with zero attached hydrogens (tertiary/aromatic N) is 3. The summed E-state index contributed by atoms with van der Waals surface area (Å²) < 4.78 is 19.2. The Kier molecular flexibility index (Phi) is 4.53. The highest BCUT2D eigenvalue weighted by molar-refractivity contribution is 5.60. The van der Waals surface area contributed by atoms with Crippen molar-refractivity contribution in [1.29, 1.82) is 0 Å². The summed E-state index contributed by atoms with van der Waals surface area (Å²) in [4.78, 5) is 12.1. The van der Waals surface area contributed by atoms with Crippen LogP contribution in [0.5, 0.6) is 0 Å². The van der Waals surface area contributed by atoms with Crippen molar-refractivity contribution in [3.8, 4) is 11.4 Å². The van der Waals surface area contributed by atoms with E-state index in [2.05, 4.69) is 10.2 Å². The molecule has 1 aromatic heterocycles. The minimum absolute atomic E-state index is 0.254. The highest BCUT2D eigenvalue weighted by Gasteiger charge is 2.29. The smallest absolute Gasteiger partial charge is 0.161 e. The number of anilines is 1. The number of aromatic nitrogens is 2. The van der Waals surface area contributed by atoms with Crippen LogP contribution in [0.1, 0.15) is 30.5 Å². The first kappa shape index (κ1) is 17.1. The van der Waals surface area contributed by atoms with E-state index >= 15 is 0 Å². The van der Waals surface area contributed by atoms with Crippen LogP contribution in [0.15, 0.2) is 24.3 Å². The van der Waals surface area contributed by atoms with Gasteiger partial charge >= 0.3 is 0 Å². The van der Waals surface area contributed by atoms with Gasteiger partial charge in [0.25, 0.3) is 0 Å². The number of nitrogens with one attached hydrogen (secondary N) is 1. The van der Waals surface area contributed by atoms with E-state index in [9.17, 15) is 4.39 Å². The second kappa shape index (κ2) is 7.17. The van der Waals surface area contributed by atoms with E-state index < -0.39 is 0 Å². The number of benzene rings is 1. The van der Waals surface area contributed by atoms with Crippen LogP contribution in [0.25, 0.3) is 11.4 Å². The lowest BCUT2D eigenvalue weighted by atomic mass is 10.0. The Morgan fingerprint density at radius 1 is 1.22 bits per heavy atom. The molecule has 0 spiro atoms. The predicted octanol–water partition coefficient (Wildman–Crippen LogP) is 3.25. The van der Waals surface area contributed by atoms with Crippen molar-refractivity contribution < 1.29 is 9.13 Å². The summed E-state index contributed by atoms with van der Waals surface area (Å²) >= 11 is 0. The van der Waals surface area contributed by atoms with Gasteiger partial charge in [-0.2, -0.15) is 0 Å². The minimum atomic E-state index is -0.254. The maximum Gasteiger partial charge on any atom is 0.161 e. The molecule has 1 aromatic carbocycles. The Balaban J connectivity index is 1.44. The van der Waals surface area contributed by atoms with Crippen LogP contribution in [0, 0.1) is 11.7 Å². The van der Waals surface area contributed by atoms with Gasteiger partial charge in [0.15, 0.2) is 5.82 Å². The summed E-state index contributed by atoms with van der Waals surface area (Å²) in [6, 6.07) is 7.07. The van der Waals surface area contributed by atoms with Gasteiger partial charge in [-0.25, -0.2) is 14.4 Å². The molecule has 6 heteroatoms. The van der Waals surface area contributed by atoms with Crippen molar-refractivity contribution in [3.05, 3.63) is 41.3 Å². The van der Waals surface area contributed by atoms with Crippen molar-refractivity contribution in [3.63, 3.8) is 0 Å². The van der Waals surface area contributed by atoms with Crippen LogP contribution < -0.4 is 5.32 Å². The number of rotatable bonds is 5. The molecule has 1 atom stereocenters. The number of hydrogen-bond acceptors (Lipinski definition) is 5. The van der Waals surface area contributed by atoms with E-state index in [4.69, 9.17) is 14.7 Å². The number of fused-ring (bicyclic) bond motifs is 1. The fraction of sp³-hybridized carbons (Fsp3) is 0.524. The zero-order valence-corrected chi connectivity index (χ0v) is 15.5. The molecule has 3 aliphatic rings. The molecule has 0 bridgehead atoms. The van der Waals surface area contributed by atoms with Gasteiger partial charge in [0, 0.05) is 49.8 Å². The van der Waals surface area contributed by atoms with Gasteiger partial charge in [0.05, 0.1) is 12.3 Å². The largest absolute Gasteiger partial charge is 0.381 e. The van der Waals surface area contributed by atoms with E-state index in [0.29, 0.717) is 17.8 Å². The molecule has 1 saturated carbocycles. The molecule has 5 rings (SSSR count). The Labute approximate surface area is 159 Å². The highest BCUT2D eigenvalue weighted by Crippen LogP contribution is 2.32. The van der Waals surface area contributed by atoms with Gasteiger partial charge in [0.1, 0.15) is 11.6 Å². The molecule has 27 heavy (non-hydrogen) atoms. The summed E-state index contributed by atoms with van der Waals surface area (Å²) in [5, 5.41) is 3.59. The van der Waals surface area contributed by atoms with Crippen molar-refractivity contribution in [2.75, 3.05) is 31.6 Å². The zero-order valence-electron chi connectivity index (χ0n) is 15.5. The maximum absolute atomic E-state index is 13.7. The Hall–Kier alpha value is -2.05. The normalized spacial score (nSPS) is 22.6. The predicted molar refractivity (Wildman–Crippen MR) is 102 cm³/mol. The average Bonchev–Trinajstić information content (AvgIpc) is 3.34. The lowest BCUT2D eigenvalue weighted by Crippen LogP contribution is -2.36. The van der Waals surface area contributed by atoms with E-state index in [-0.39, 0.29) is 5.82 Å². The first-order valence-electron chi connectivity index (χ1n) is 9.97. The van der Waals surface area contributed by atoms with Crippen molar-refractivity contribution >= 4 is 5.82 Å². The quantitative estimate of drug-likeness (QED) is 0.878. The van der Waals surface area contributed by atoms with Crippen LogP contribution in [-0.2, 0) is 17.7 Å². The summed E-state index contributed by atoms with van der Waals surface area (Å²) in [6.07, 6.45) is 4.45. The second-order valence-electron chi connectivity index (χ2n) is 7.96. The lowest BCUT2D eigenvalue weighted by molar-refractivity contribution is 0.161. The van der Waals surface area contributed by atoms with Crippen LogP contribution in [0.3, 0.4) is 0 Å². The molecule has 1 saturated heterocycles. The molecule has 142 valence electrons. The third kappa shape index (κ3) is 3.82. The lowest BCUT2D eigenvalue weighted by Gasteiger charge is -2.31. The van der Waals surface area contributed by atoms with Gasteiger partial charge in [-0.05, 0) is 37.3 Å². The molecule has 1 unspecified atom stereocenters. The number of ether oxygens (including phenoxy) is 1. The van der Waals surface area contributed by atoms with E-state index in [1.165, 1.54) is 30.5 Å². The zero-order chi connectivity index (χ0) is 18.2.